The summed E-state index contributed by atoms with van der Waals surface area (Å²) in [5.41, 5.74) is 2.29. The molecule has 3 heteroatoms. The van der Waals surface area contributed by atoms with Gasteiger partial charge in [-0.3, -0.25) is 4.79 Å². The summed E-state index contributed by atoms with van der Waals surface area (Å²) in [5.74, 6) is 0.972. The number of aryl methyl sites for hydroxylation is 1. The minimum atomic E-state index is 0.0778. The molecular formula is C15H21NO2. The Kier molecular flexibility index (Phi) is 5.98. The van der Waals surface area contributed by atoms with Crippen LogP contribution in [-0.4, -0.2) is 19.6 Å². The molecule has 0 spiro atoms. The van der Waals surface area contributed by atoms with Crippen LogP contribution in [0.2, 0.25) is 0 Å². The number of carbonyl (C=O) groups is 1. The van der Waals surface area contributed by atoms with Crippen LogP contribution in [0.4, 0.5) is 0 Å². The van der Waals surface area contributed by atoms with E-state index in [2.05, 4.69) is 18.0 Å². The smallest absolute Gasteiger partial charge is 0.220 e. The Bertz CT molecular complexity index is 413. The summed E-state index contributed by atoms with van der Waals surface area (Å²) in [6, 6.07) is 6.12. The first kappa shape index (κ1) is 14.3. The number of allylic oxidation sites excluding steroid dienone is 1. The van der Waals surface area contributed by atoms with Crippen LogP contribution in [0.1, 0.15) is 24.0 Å². The molecule has 0 saturated carbocycles. The Morgan fingerprint density at radius 2 is 2.28 bits per heavy atom. The molecule has 0 fully saturated rings. The van der Waals surface area contributed by atoms with E-state index in [1.54, 1.807) is 13.2 Å². The van der Waals surface area contributed by atoms with Crippen LogP contribution in [0.5, 0.6) is 5.75 Å². The third-order valence-electron chi connectivity index (χ3n) is 2.78. The summed E-state index contributed by atoms with van der Waals surface area (Å²) in [5, 5.41) is 2.89. The van der Waals surface area contributed by atoms with Crippen LogP contribution >= 0.6 is 0 Å². The Morgan fingerprint density at radius 3 is 2.94 bits per heavy atom. The molecule has 0 heterocycles. The Morgan fingerprint density at radius 1 is 1.50 bits per heavy atom. The molecule has 0 unspecified atom stereocenters. The molecule has 1 aromatic rings. The van der Waals surface area contributed by atoms with E-state index in [1.165, 1.54) is 5.56 Å². The maximum atomic E-state index is 11.4. The molecule has 0 atom stereocenters. The van der Waals surface area contributed by atoms with Crippen molar-refractivity contribution in [3.8, 4) is 5.75 Å². The van der Waals surface area contributed by atoms with E-state index in [0.29, 0.717) is 13.0 Å². The fourth-order valence-electron chi connectivity index (χ4n) is 1.69. The predicted molar refractivity (Wildman–Crippen MR) is 73.9 cm³/mol. The molecule has 0 radical (unpaired) electrons. The van der Waals surface area contributed by atoms with Gasteiger partial charge in [-0.05, 0) is 37.0 Å². The molecule has 3 nitrogen and oxygen atoms in total. The van der Waals surface area contributed by atoms with Gasteiger partial charge in [0.15, 0.2) is 0 Å². The van der Waals surface area contributed by atoms with Crippen molar-refractivity contribution in [3.05, 3.63) is 42.0 Å². The largest absolute Gasteiger partial charge is 0.496 e. The van der Waals surface area contributed by atoms with Crippen molar-refractivity contribution in [2.24, 2.45) is 0 Å². The first-order valence-corrected chi connectivity index (χ1v) is 6.18. The van der Waals surface area contributed by atoms with Crippen molar-refractivity contribution in [1.82, 2.24) is 5.32 Å². The molecule has 1 N–H and O–H groups in total. The van der Waals surface area contributed by atoms with Crippen molar-refractivity contribution in [2.45, 2.75) is 26.2 Å². The van der Waals surface area contributed by atoms with E-state index >= 15 is 0 Å². The second kappa shape index (κ2) is 7.54. The molecule has 0 aliphatic heterocycles. The lowest BCUT2D eigenvalue weighted by molar-refractivity contribution is -0.120. The highest BCUT2D eigenvalue weighted by atomic mass is 16.5. The second-order valence-electron chi connectivity index (χ2n) is 4.23. The van der Waals surface area contributed by atoms with Gasteiger partial charge in [0.1, 0.15) is 5.75 Å². The first-order valence-electron chi connectivity index (χ1n) is 6.18. The molecule has 98 valence electrons. The summed E-state index contributed by atoms with van der Waals surface area (Å²) in [4.78, 5) is 11.4. The van der Waals surface area contributed by atoms with Gasteiger partial charge in [0, 0.05) is 13.0 Å². The maximum Gasteiger partial charge on any atom is 0.220 e. The zero-order valence-electron chi connectivity index (χ0n) is 11.2. The van der Waals surface area contributed by atoms with Crippen LogP contribution in [0, 0.1) is 6.92 Å². The lowest BCUT2D eigenvalue weighted by atomic mass is 10.1. The van der Waals surface area contributed by atoms with Gasteiger partial charge in [-0.25, -0.2) is 0 Å². The van der Waals surface area contributed by atoms with Crippen molar-refractivity contribution < 1.29 is 9.53 Å². The molecule has 1 aromatic carbocycles. The summed E-state index contributed by atoms with van der Waals surface area (Å²) in [6.07, 6.45) is 3.81. The van der Waals surface area contributed by atoms with Gasteiger partial charge in [-0.1, -0.05) is 18.2 Å². The van der Waals surface area contributed by atoms with Crippen LogP contribution < -0.4 is 10.1 Å². The number of methoxy groups -OCH3 is 1. The topological polar surface area (TPSA) is 38.3 Å². The monoisotopic (exact) mass is 247 g/mol. The van der Waals surface area contributed by atoms with E-state index in [0.717, 1.165) is 24.2 Å². The van der Waals surface area contributed by atoms with E-state index in [-0.39, 0.29) is 5.91 Å². The number of hydrogen-bond acceptors (Lipinski definition) is 2. The lowest BCUT2D eigenvalue weighted by Gasteiger charge is -2.08. The van der Waals surface area contributed by atoms with E-state index in [9.17, 15) is 4.79 Å². The minimum absolute atomic E-state index is 0.0778. The summed E-state index contributed by atoms with van der Waals surface area (Å²) < 4.78 is 5.27. The summed E-state index contributed by atoms with van der Waals surface area (Å²) in [6.45, 7) is 6.26. The highest BCUT2D eigenvalue weighted by Crippen LogP contribution is 2.18. The van der Waals surface area contributed by atoms with E-state index < -0.39 is 0 Å². The number of hydrogen-bond donors (Lipinski definition) is 1. The minimum Gasteiger partial charge on any atom is -0.496 e. The lowest BCUT2D eigenvalue weighted by Crippen LogP contribution is -2.25. The molecule has 0 aliphatic carbocycles. The molecular weight excluding hydrogens is 226 g/mol. The normalized spacial score (nSPS) is 9.89. The number of benzene rings is 1. The second-order valence-corrected chi connectivity index (χ2v) is 4.23. The van der Waals surface area contributed by atoms with Crippen LogP contribution in [0.15, 0.2) is 30.9 Å². The number of nitrogens with one attached hydrogen (secondary N) is 1. The van der Waals surface area contributed by atoms with Gasteiger partial charge in [-0.15, -0.1) is 6.58 Å². The third-order valence-corrected chi connectivity index (χ3v) is 2.78. The molecule has 18 heavy (non-hydrogen) atoms. The average molecular weight is 247 g/mol. The Hall–Kier alpha value is -1.77. The summed E-state index contributed by atoms with van der Waals surface area (Å²) in [7, 11) is 1.67. The Balaban J connectivity index is 2.39. The van der Waals surface area contributed by atoms with Gasteiger partial charge in [0.05, 0.1) is 7.11 Å². The van der Waals surface area contributed by atoms with Gasteiger partial charge in [0.2, 0.25) is 5.91 Å². The Labute approximate surface area is 109 Å². The molecule has 0 aliphatic rings. The van der Waals surface area contributed by atoms with Crippen LogP contribution in [-0.2, 0) is 11.2 Å². The van der Waals surface area contributed by atoms with Crippen LogP contribution in [0.3, 0.4) is 0 Å². The highest BCUT2D eigenvalue weighted by Gasteiger charge is 2.02. The fourth-order valence-corrected chi connectivity index (χ4v) is 1.69. The zero-order valence-corrected chi connectivity index (χ0v) is 11.2. The van der Waals surface area contributed by atoms with E-state index in [4.69, 9.17) is 4.74 Å². The van der Waals surface area contributed by atoms with Gasteiger partial charge < -0.3 is 10.1 Å². The van der Waals surface area contributed by atoms with Gasteiger partial charge >= 0.3 is 0 Å². The van der Waals surface area contributed by atoms with Crippen molar-refractivity contribution in [1.29, 1.82) is 0 Å². The van der Waals surface area contributed by atoms with Crippen molar-refractivity contribution in [2.75, 3.05) is 13.7 Å². The van der Waals surface area contributed by atoms with Crippen molar-refractivity contribution in [3.63, 3.8) is 0 Å². The van der Waals surface area contributed by atoms with Gasteiger partial charge in [0.25, 0.3) is 0 Å². The standard InChI is InChI=1S/C15H21NO2/c1-4-5-6-15(17)16-10-9-13-8-7-12(2)14(11-13)18-3/h4,7-8,11H,1,5-6,9-10H2,2-3H3,(H,16,17). The predicted octanol–water partition coefficient (Wildman–Crippen LogP) is 2.63. The summed E-state index contributed by atoms with van der Waals surface area (Å²) >= 11 is 0. The molecule has 1 rings (SSSR count). The van der Waals surface area contributed by atoms with Crippen LogP contribution in [0.25, 0.3) is 0 Å². The first-order chi connectivity index (χ1) is 8.67. The number of carbonyl (C=O) groups excluding carboxylic acids is 1. The van der Waals surface area contributed by atoms with Crippen molar-refractivity contribution >= 4 is 5.91 Å². The molecule has 0 bridgehead atoms. The maximum absolute atomic E-state index is 11.4. The molecule has 0 aromatic heterocycles. The third kappa shape index (κ3) is 4.62. The highest BCUT2D eigenvalue weighted by molar-refractivity contribution is 5.75. The van der Waals surface area contributed by atoms with E-state index in [1.807, 2.05) is 19.1 Å². The molecule has 1 amide bonds. The number of amides is 1. The number of rotatable bonds is 7. The SMILES string of the molecule is C=CCCC(=O)NCCc1ccc(C)c(OC)c1. The van der Waals surface area contributed by atoms with Gasteiger partial charge in [-0.2, -0.15) is 0 Å². The quantitative estimate of drug-likeness (QED) is 0.752. The molecule has 0 saturated heterocycles. The zero-order chi connectivity index (χ0) is 13.4. The average Bonchev–Trinajstić information content (AvgIpc) is 2.38. The fraction of sp³-hybridized carbons (Fsp3) is 0.400. The number of ether oxygens (including phenoxy) is 1.